The Kier molecular flexibility index (Phi) is 3.89. The standard InChI is InChI=1S/C16H18O3S/c1-16(2,3)13-9-10-15(19-12-11-13)20(17,18)14-7-5-4-6-8-14/h4-8,10,12H,9H2,1-3H3. The van der Waals surface area contributed by atoms with Gasteiger partial charge in [0.2, 0.25) is 14.9 Å². The van der Waals surface area contributed by atoms with Gasteiger partial charge in [0.25, 0.3) is 0 Å². The maximum Gasteiger partial charge on any atom is 0.239 e. The predicted octanol–water partition coefficient (Wildman–Crippen LogP) is 3.81. The summed E-state index contributed by atoms with van der Waals surface area (Å²) in [5.74, 6) is 0. The maximum absolute atomic E-state index is 12.4. The molecular formula is C16H18O3S. The van der Waals surface area contributed by atoms with Gasteiger partial charge in [-0.25, -0.2) is 8.42 Å². The largest absolute Gasteiger partial charge is 0.445 e. The highest BCUT2D eigenvalue weighted by atomic mass is 32.2. The van der Waals surface area contributed by atoms with E-state index in [0.29, 0.717) is 6.42 Å². The molecule has 0 unspecified atom stereocenters. The van der Waals surface area contributed by atoms with Crippen LogP contribution in [-0.4, -0.2) is 8.42 Å². The molecule has 0 aliphatic carbocycles. The topological polar surface area (TPSA) is 43.4 Å². The van der Waals surface area contributed by atoms with Crippen molar-refractivity contribution in [1.29, 1.82) is 0 Å². The molecule has 3 nitrogen and oxygen atoms in total. The van der Waals surface area contributed by atoms with Crippen LogP contribution >= 0.6 is 0 Å². The minimum Gasteiger partial charge on any atom is -0.445 e. The van der Waals surface area contributed by atoms with Gasteiger partial charge in [-0.05, 0) is 35.6 Å². The number of ether oxygens (including phenoxy) is 1. The highest BCUT2D eigenvalue weighted by Gasteiger charge is 2.24. The average molecular weight is 290 g/mol. The van der Waals surface area contributed by atoms with E-state index in [9.17, 15) is 8.42 Å². The highest BCUT2D eigenvalue weighted by Crippen LogP contribution is 2.30. The van der Waals surface area contributed by atoms with E-state index in [0.717, 1.165) is 5.57 Å². The van der Waals surface area contributed by atoms with Gasteiger partial charge in [0, 0.05) is 0 Å². The molecule has 1 heterocycles. The number of rotatable bonds is 2. The predicted molar refractivity (Wildman–Crippen MR) is 78.5 cm³/mol. The summed E-state index contributed by atoms with van der Waals surface area (Å²) in [6.45, 7) is 6.19. The number of hydrogen-bond acceptors (Lipinski definition) is 3. The van der Waals surface area contributed by atoms with Crippen molar-refractivity contribution in [2.45, 2.75) is 32.1 Å². The van der Waals surface area contributed by atoms with Crippen molar-refractivity contribution in [2.75, 3.05) is 0 Å². The molecule has 0 aromatic heterocycles. The summed E-state index contributed by atoms with van der Waals surface area (Å²) in [5, 5.41) is -0.0320. The van der Waals surface area contributed by atoms with E-state index in [4.69, 9.17) is 4.74 Å². The van der Waals surface area contributed by atoms with Crippen LogP contribution < -0.4 is 0 Å². The van der Waals surface area contributed by atoms with Gasteiger partial charge in [0.15, 0.2) is 0 Å². The Morgan fingerprint density at radius 3 is 2.40 bits per heavy atom. The van der Waals surface area contributed by atoms with Crippen molar-refractivity contribution in [3.8, 4) is 0 Å². The number of hydrogen-bond donors (Lipinski definition) is 0. The lowest BCUT2D eigenvalue weighted by atomic mass is 9.85. The molecule has 0 fully saturated rings. The Hall–Kier alpha value is -1.77. The van der Waals surface area contributed by atoms with Gasteiger partial charge in [-0.1, -0.05) is 44.7 Å². The van der Waals surface area contributed by atoms with Crippen molar-refractivity contribution in [3.05, 3.63) is 59.1 Å². The molecule has 0 radical (unpaired) electrons. The van der Waals surface area contributed by atoms with Crippen molar-refractivity contribution in [2.24, 2.45) is 5.41 Å². The molecule has 20 heavy (non-hydrogen) atoms. The summed E-state index contributed by atoms with van der Waals surface area (Å²) in [6.07, 6.45) is 3.46. The van der Waals surface area contributed by atoms with Crippen LogP contribution in [0, 0.1) is 5.41 Å². The molecule has 106 valence electrons. The molecule has 0 atom stereocenters. The molecule has 0 spiro atoms. The number of allylic oxidation sites excluding steroid dienone is 2. The van der Waals surface area contributed by atoms with E-state index in [1.807, 2.05) is 0 Å². The Bertz CT molecular complexity index is 683. The molecule has 1 aliphatic heterocycles. The number of benzene rings is 1. The third-order valence-corrected chi connectivity index (χ3v) is 4.79. The first-order valence-electron chi connectivity index (χ1n) is 6.43. The molecule has 0 bridgehead atoms. The minimum atomic E-state index is -3.60. The Morgan fingerprint density at radius 1 is 1.15 bits per heavy atom. The zero-order valence-corrected chi connectivity index (χ0v) is 12.7. The summed E-state index contributed by atoms with van der Waals surface area (Å²) in [5.41, 5.74) is 3.97. The lowest BCUT2D eigenvalue weighted by Crippen LogP contribution is -2.08. The van der Waals surface area contributed by atoms with Gasteiger partial charge in [-0.15, -0.1) is 0 Å². The van der Waals surface area contributed by atoms with Crippen LogP contribution in [0.3, 0.4) is 0 Å². The normalized spacial score (nSPS) is 15.9. The van der Waals surface area contributed by atoms with Crippen LogP contribution in [0.5, 0.6) is 0 Å². The Morgan fingerprint density at radius 2 is 1.80 bits per heavy atom. The fourth-order valence-corrected chi connectivity index (χ4v) is 3.09. The van der Waals surface area contributed by atoms with Crippen molar-refractivity contribution >= 4 is 9.84 Å². The Balaban J connectivity index is 2.34. The van der Waals surface area contributed by atoms with Crippen molar-refractivity contribution < 1.29 is 13.2 Å². The van der Waals surface area contributed by atoms with E-state index in [1.54, 1.807) is 36.4 Å². The average Bonchev–Trinajstić information content (AvgIpc) is 2.65. The minimum absolute atomic E-state index is 0.0320. The van der Waals surface area contributed by atoms with Crippen LogP contribution in [0.1, 0.15) is 27.2 Å². The summed E-state index contributed by atoms with van der Waals surface area (Å²) in [7, 11) is -3.60. The lowest BCUT2D eigenvalue weighted by Gasteiger charge is -2.19. The molecule has 4 heteroatoms. The summed E-state index contributed by atoms with van der Waals surface area (Å²) >= 11 is 0. The van der Waals surface area contributed by atoms with Gasteiger partial charge in [0.05, 0.1) is 4.90 Å². The van der Waals surface area contributed by atoms with Crippen molar-refractivity contribution in [3.63, 3.8) is 0 Å². The summed E-state index contributed by atoms with van der Waals surface area (Å²) in [6, 6.07) is 8.29. The van der Waals surface area contributed by atoms with Crippen LogP contribution in [0.4, 0.5) is 0 Å². The van der Waals surface area contributed by atoms with E-state index >= 15 is 0 Å². The first-order valence-corrected chi connectivity index (χ1v) is 7.91. The van der Waals surface area contributed by atoms with Crippen LogP contribution in [0.2, 0.25) is 0 Å². The molecular weight excluding hydrogens is 272 g/mol. The monoisotopic (exact) mass is 290 g/mol. The zero-order valence-electron chi connectivity index (χ0n) is 11.9. The number of sulfone groups is 1. The zero-order chi connectivity index (χ0) is 14.8. The van der Waals surface area contributed by atoms with Gasteiger partial charge in [-0.3, -0.25) is 0 Å². The quantitative estimate of drug-likeness (QED) is 0.778. The molecule has 1 aromatic rings. The van der Waals surface area contributed by atoms with Crippen LogP contribution in [0.15, 0.2) is 64.0 Å². The van der Waals surface area contributed by atoms with Gasteiger partial charge in [-0.2, -0.15) is 0 Å². The second kappa shape index (κ2) is 5.31. The van der Waals surface area contributed by atoms with E-state index < -0.39 is 9.84 Å². The fourth-order valence-electron chi connectivity index (χ4n) is 1.86. The van der Waals surface area contributed by atoms with Crippen LogP contribution in [0.25, 0.3) is 0 Å². The van der Waals surface area contributed by atoms with Crippen LogP contribution in [-0.2, 0) is 14.6 Å². The summed E-state index contributed by atoms with van der Waals surface area (Å²) in [4.78, 5) is 0.235. The molecule has 0 saturated carbocycles. The van der Waals surface area contributed by atoms with Gasteiger partial charge in [0.1, 0.15) is 6.26 Å². The second-order valence-electron chi connectivity index (χ2n) is 5.65. The first kappa shape index (κ1) is 14.6. The molecule has 0 saturated heterocycles. The SMILES string of the molecule is CC(C)(C)C1=C=COC(S(=O)(=O)c2ccccc2)=CC1. The maximum atomic E-state index is 12.4. The molecule has 0 amide bonds. The van der Waals surface area contributed by atoms with E-state index in [-0.39, 0.29) is 15.4 Å². The molecule has 2 rings (SSSR count). The highest BCUT2D eigenvalue weighted by molar-refractivity contribution is 7.95. The third kappa shape index (κ3) is 3.03. The van der Waals surface area contributed by atoms with Gasteiger partial charge < -0.3 is 4.74 Å². The fraction of sp³-hybridized carbons (Fsp3) is 0.312. The summed E-state index contributed by atoms with van der Waals surface area (Å²) < 4.78 is 30.2. The Labute approximate surface area is 120 Å². The molecule has 1 aromatic carbocycles. The second-order valence-corrected chi connectivity index (χ2v) is 7.53. The smallest absolute Gasteiger partial charge is 0.239 e. The van der Waals surface area contributed by atoms with Gasteiger partial charge >= 0.3 is 0 Å². The third-order valence-electron chi connectivity index (χ3n) is 3.10. The van der Waals surface area contributed by atoms with Crippen molar-refractivity contribution in [1.82, 2.24) is 0 Å². The first-order chi connectivity index (χ1) is 9.32. The van der Waals surface area contributed by atoms with E-state index in [1.165, 1.54) is 6.26 Å². The molecule has 1 aliphatic rings. The lowest BCUT2D eigenvalue weighted by molar-refractivity contribution is 0.378. The molecule has 0 N–H and O–H groups in total. The van der Waals surface area contributed by atoms with E-state index in [2.05, 4.69) is 26.5 Å².